The van der Waals surface area contributed by atoms with E-state index in [9.17, 15) is 15.0 Å². The zero-order valence-corrected chi connectivity index (χ0v) is 13.9. The normalized spacial score (nSPS) is 11.2. The highest BCUT2D eigenvalue weighted by atomic mass is 16.5. The summed E-state index contributed by atoms with van der Waals surface area (Å²) in [6.07, 6.45) is 1.43. The van der Waals surface area contributed by atoms with Gasteiger partial charge in [0.1, 0.15) is 5.75 Å². The van der Waals surface area contributed by atoms with Gasteiger partial charge in [-0.05, 0) is 49.2 Å². The Morgan fingerprint density at radius 1 is 1.21 bits per heavy atom. The molecule has 24 heavy (non-hydrogen) atoms. The minimum absolute atomic E-state index is 0.0738. The third-order valence-electron chi connectivity index (χ3n) is 3.57. The van der Waals surface area contributed by atoms with Crippen LogP contribution in [0.1, 0.15) is 23.6 Å². The van der Waals surface area contributed by atoms with E-state index in [1.54, 1.807) is 36.4 Å². The first-order valence-corrected chi connectivity index (χ1v) is 7.52. The van der Waals surface area contributed by atoms with Gasteiger partial charge in [-0.15, -0.1) is 0 Å². The molecule has 0 saturated heterocycles. The van der Waals surface area contributed by atoms with Gasteiger partial charge in [-0.3, -0.25) is 0 Å². The molecule has 0 heterocycles. The number of phenolic OH excluding ortho intramolecular Hbond substituents is 1. The Morgan fingerprint density at radius 3 is 2.54 bits per heavy atom. The van der Waals surface area contributed by atoms with Crippen LogP contribution in [-0.4, -0.2) is 29.9 Å². The Bertz CT molecular complexity index is 777. The van der Waals surface area contributed by atoms with Crippen LogP contribution in [0.3, 0.4) is 0 Å². The Balaban J connectivity index is 2.51. The van der Waals surface area contributed by atoms with Crippen molar-refractivity contribution in [2.75, 3.05) is 13.7 Å². The largest absolute Gasteiger partial charge is 0.504 e. The number of methoxy groups -OCH3 is 1. The van der Waals surface area contributed by atoms with Crippen molar-refractivity contribution >= 4 is 17.6 Å². The molecular formula is C19H20O5. The van der Waals surface area contributed by atoms with Gasteiger partial charge in [0, 0.05) is 5.56 Å². The van der Waals surface area contributed by atoms with Gasteiger partial charge < -0.3 is 19.7 Å². The molecule has 126 valence electrons. The van der Waals surface area contributed by atoms with E-state index >= 15 is 0 Å². The van der Waals surface area contributed by atoms with Crippen molar-refractivity contribution in [2.24, 2.45) is 0 Å². The van der Waals surface area contributed by atoms with E-state index in [0.29, 0.717) is 17.7 Å². The topological polar surface area (TPSA) is 76.0 Å². The highest BCUT2D eigenvalue weighted by molar-refractivity contribution is 6.20. The zero-order valence-electron chi connectivity index (χ0n) is 13.9. The van der Waals surface area contributed by atoms with Crippen LogP contribution in [0, 0.1) is 6.92 Å². The third kappa shape index (κ3) is 3.68. The summed E-state index contributed by atoms with van der Waals surface area (Å²) < 4.78 is 10.5. The van der Waals surface area contributed by atoms with Crippen LogP contribution in [0.2, 0.25) is 0 Å². The van der Waals surface area contributed by atoms with Crippen molar-refractivity contribution in [3.8, 4) is 17.2 Å². The summed E-state index contributed by atoms with van der Waals surface area (Å²) in [5.74, 6) is -0.172. The number of para-hydroxylation sites is 1. The summed E-state index contributed by atoms with van der Waals surface area (Å²) in [7, 11) is 1.44. The number of carboxylic acids is 1. The van der Waals surface area contributed by atoms with Crippen molar-refractivity contribution in [1.82, 2.24) is 0 Å². The van der Waals surface area contributed by atoms with E-state index in [-0.39, 0.29) is 17.1 Å². The lowest BCUT2D eigenvalue weighted by molar-refractivity contribution is -0.130. The Kier molecular flexibility index (Phi) is 5.47. The second kappa shape index (κ2) is 7.55. The average molecular weight is 328 g/mol. The molecule has 0 aliphatic heterocycles. The van der Waals surface area contributed by atoms with Gasteiger partial charge in [-0.1, -0.05) is 18.2 Å². The fraction of sp³-hybridized carbons (Fsp3) is 0.211. The molecule has 0 atom stereocenters. The second-order valence-corrected chi connectivity index (χ2v) is 5.17. The van der Waals surface area contributed by atoms with E-state index in [2.05, 4.69) is 0 Å². The predicted octanol–water partition coefficient (Wildman–Crippen LogP) is 3.73. The number of ether oxygens (including phenoxy) is 2. The number of hydrogen-bond donors (Lipinski definition) is 2. The van der Waals surface area contributed by atoms with E-state index < -0.39 is 5.97 Å². The molecule has 2 N–H and O–H groups in total. The monoisotopic (exact) mass is 328 g/mol. The summed E-state index contributed by atoms with van der Waals surface area (Å²) in [4.78, 5) is 11.7. The molecule has 0 aliphatic rings. The van der Waals surface area contributed by atoms with Gasteiger partial charge in [-0.2, -0.15) is 0 Å². The molecular weight excluding hydrogens is 308 g/mol. The van der Waals surface area contributed by atoms with Gasteiger partial charge >= 0.3 is 5.97 Å². The van der Waals surface area contributed by atoms with Gasteiger partial charge in [0.15, 0.2) is 11.5 Å². The van der Waals surface area contributed by atoms with E-state index in [0.717, 1.165) is 11.3 Å². The maximum absolute atomic E-state index is 11.7. The molecule has 2 rings (SSSR count). The first-order valence-electron chi connectivity index (χ1n) is 7.52. The lowest BCUT2D eigenvalue weighted by Crippen LogP contribution is -2.01. The van der Waals surface area contributed by atoms with Gasteiger partial charge in [-0.25, -0.2) is 4.79 Å². The van der Waals surface area contributed by atoms with E-state index in [4.69, 9.17) is 9.47 Å². The molecule has 0 spiro atoms. The fourth-order valence-corrected chi connectivity index (χ4v) is 2.38. The quantitative estimate of drug-likeness (QED) is 0.624. The maximum atomic E-state index is 11.7. The van der Waals surface area contributed by atoms with Crippen molar-refractivity contribution in [3.63, 3.8) is 0 Å². The van der Waals surface area contributed by atoms with Crippen LogP contribution < -0.4 is 9.47 Å². The number of phenols is 1. The van der Waals surface area contributed by atoms with Crippen molar-refractivity contribution in [1.29, 1.82) is 0 Å². The maximum Gasteiger partial charge on any atom is 0.336 e. The van der Waals surface area contributed by atoms with Crippen molar-refractivity contribution in [2.45, 2.75) is 13.8 Å². The molecule has 0 aromatic heterocycles. The van der Waals surface area contributed by atoms with Gasteiger partial charge in [0.05, 0.1) is 19.3 Å². The number of aromatic hydroxyl groups is 1. The smallest absolute Gasteiger partial charge is 0.336 e. The molecule has 0 aliphatic carbocycles. The number of aryl methyl sites for hydroxylation is 1. The Hall–Kier alpha value is -2.95. The highest BCUT2D eigenvalue weighted by Crippen LogP contribution is 2.33. The van der Waals surface area contributed by atoms with Crippen molar-refractivity contribution < 1.29 is 24.5 Å². The van der Waals surface area contributed by atoms with Crippen molar-refractivity contribution in [3.05, 3.63) is 53.1 Å². The zero-order chi connectivity index (χ0) is 17.7. The van der Waals surface area contributed by atoms with Crippen LogP contribution in [0.15, 0.2) is 36.4 Å². The van der Waals surface area contributed by atoms with Crippen LogP contribution in [0.25, 0.3) is 11.6 Å². The molecule has 0 saturated carbocycles. The van der Waals surface area contributed by atoms with Crippen LogP contribution in [0.4, 0.5) is 0 Å². The summed E-state index contributed by atoms with van der Waals surface area (Å²) >= 11 is 0. The van der Waals surface area contributed by atoms with Crippen LogP contribution in [0.5, 0.6) is 17.2 Å². The highest BCUT2D eigenvalue weighted by Gasteiger charge is 2.14. The second-order valence-electron chi connectivity index (χ2n) is 5.17. The van der Waals surface area contributed by atoms with E-state index in [1.165, 1.54) is 13.2 Å². The van der Waals surface area contributed by atoms with E-state index in [1.807, 2.05) is 13.8 Å². The van der Waals surface area contributed by atoms with Gasteiger partial charge in [0.25, 0.3) is 0 Å². The molecule has 2 aromatic rings. The molecule has 0 fully saturated rings. The number of carbonyl (C=O) groups is 1. The molecule has 0 radical (unpaired) electrons. The summed E-state index contributed by atoms with van der Waals surface area (Å²) in [6.45, 7) is 4.29. The lowest BCUT2D eigenvalue weighted by Gasteiger charge is -2.11. The SMILES string of the molecule is CCOc1ccc(/C(=C/c2cccc(OC)c2O)C(=O)O)cc1C. The standard InChI is InChI=1S/C19H20O5/c1-4-24-16-9-8-13(10-12(16)2)15(19(21)22)11-14-6-5-7-17(23-3)18(14)20/h5-11,20H,4H2,1-3H3,(H,21,22)/b15-11-. The Morgan fingerprint density at radius 2 is 1.96 bits per heavy atom. The van der Waals surface area contributed by atoms with Crippen LogP contribution in [-0.2, 0) is 4.79 Å². The molecule has 5 nitrogen and oxygen atoms in total. The molecule has 0 amide bonds. The first kappa shape index (κ1) is 17.4. The number of aliphatic carboxylic acids is 1. The van der Waals surface area contributed by atoms with Crippen LogP contribution >= 0.6 is 0 Å². The minimum atomic E-state index is -1.08. The molecule has 5 heteroatoms. The molecule has 0 bridgehead atoms. The summed E-state index contributed by atoms with van der Waals surface area (Å²) in [5, 5.41) is 19.7. The van der Waals surface area contributed by atoms with Gasteiger partial charge in [0.2, 0.25) is 0 Å². The summed E-state index contributed by atoms with van der Waals surface area (Å²) in [5.41, 5.74) is 1.82. The number of hydrogen-bond acceptors (Lipinski definition) is 4. The Labute approximate surface area is 140 Å². The average Bonchev–Trinajstić information content (AvgIpc) is 2.55. The first-order chi connectivity index (χ1) is 11.5. The number of rotatable bonds is 6. The molecule has 0 unspecified atom stereocenters. The number of carboxylic acid groups (broad SMARTS) is 1. The fourth-order valence-electron chi connectivity index (χ4n) is 2.38. The lowest BCUT2D eigenvalue weighted by atomic mass is 10.00. The molecule has 2 aromatic carbocycles. The third-order valence-corrected chi connectivity index (χ3v) is 3.57. The minimum Gasteiger partial charge on any atom is -0.504 e. The number of benzene rings is 2. The summed E-state index contributed by atoms with van der Waals surface area (Å²) in [6, 6.07) is 10.1. The predicted molar refractivity (Wildman–Crippen MR) is 92.5 cm³/mol.